The number of carbonyl (C=O) groups is 2. The van der Waals surface area contributed by atoms with Crippen LogP contribution in [0.3, 0.4) is 0 Å². The van der Waals surface area contributed by atoms with Gasteiger partial charge in [0, 0.05) is 39.0 Å². The summed E-state index contributed by atoms with van der Waals surface area (Å²) in [6, 6.07) is 68.4. The molecule has 0 saturated heterocycles. The number of benzene rings is 8. The molecule has 0 amide bonds. The number of anilines is 2. The number of fused-ring (bicyclic) bond motifs is 3. The maximum absolute atomic E-state index is 13.6. The second-order valence-corrected chi connectivity index (χ2v) is 21.5. The van der Waals surface area contributed by atoms with Crippen molar-refractivity contribution in [2.24, 2.45) is 5.92 Å². The molecule has 0 radical (unpaired) electrons. The Bertz CT molecular complexity index is 3160. The smallest absolute Gasteiger partial charge is 0.193 e. The van der Waals surface area contributed by atoms with Crippen LogP contribution in [0.2, 0.25) is 0 Å². The van der Waals surface area contributed by atoms with Gasteiger partial charge in [0.1, 0.15) is 0 Å². The molecule has 72 heavy (non-hydrogen) atoms. The van der Waals surface area contributed by atoms with E-state index in [2.05, 4.69) is 176 Å². The summed E-state index contributed by atoms with van der Waals surface area (Å²) in [5.41, 5.74) is 17.6. The number of hydrogen-bond acceptors (Lipinski definition) is 3. The Labute approximate surface area is 430 Å². The Kier molecular flexibility index (Phi) is 14.2. The van der Waals surface area contributed by atoms with Crippen molar-refractivity contribution < 1.29 is 9.59 Å². The predicted octanol–water partition coefficient (Wildman–Crippen LogP) is 17.6. The van der Waals surface area contributed by atoms with E-state index < -0.39 is 0 Å². The standard InChI is InChI=1S/C69H71NO2/c1-10-68(9,46-49(6)62(51-29-23-47(4)24-30-51)43-50-27-31-54(32-28-50)65(71)52-19-15-13-16-20-52)56-35-41-60-61-42-36-57(45-64(61)67(7,8)63(60)44-56)69(11-2,12-3)70(58-37-25-48(5)26-38-58)59-39-33-55(34-40-59)66(72)53-21-17-14-18-22-53/h13-42,44-45,49,62H,10-12,43,46H2,1-9H3. The van der Waals surface area contributed by atoms with Crippen molar-refractivity contribution in [3.05, 3.63) is 261 Å². The van der Waals surface area contributed by atoms with Crippen molar-refractivity contribution in [2.75, 3.05) is 4.90 Å². The summed E-state index contributed by atoms with van der Waals surface area (Å²) < 4.78 is 0. The van der Waals surface area contributed by atoms with Gasteiger partial charge in [0.25, 0.3) is 0 Å². The van der Waals surface area contributed by atoms with E-state index in [1.807, 2.05) is 84.9 Å². The van der Waals surface area contributed by atoms with Crippen LogP contribution >= 0.6 is 0 Å². The SMILES string of the molecule is CCC(C)(CC(C)C(Cc1ccc(C(=O)c2ccccc2)cc1)c1ccc(C)cc1)c1ccc2c(c1)C(C)(C)c1cc(C(CC)(CC)N(c3ccc(C)cc3)c3ccc(C(=O)c4ccccc4)cc3)ccc1-2. The number of hydrogen-bond donors (Lipinski definition) is 0. The first-order chi connectivity index (χ1) is 34.7. The molecule has 1 aliphatic rings. The van der Waals surface area contributed by atoms with Gasteiger partial charge < -0.3 is 4.90 Å². The molecule has 0 spiro atoms. The molecule has 8 aromatic rings. The fraction of sp³-hybridized carbons (Fsp3) is 0.275. The second kappa shape index (κ2) is 20.6. The fourth-order valence-electron chi connectivity index (χ4n) is 11.9. The van der Waals surface area contributed by atoms with Crippen LogP contribution < -0.4 is 4.90 Å². The van der Waals surface area contributed by atoms with Crippen molar-refractivity contribution >= 4 is 22.9 Å². The van der Waals surface area contributed by atoms with E-state index in [1.54, 1.807) is 0 Å². The molecular weight excluding hydrogens is 875 g/mol. The molecule has 0 aromatic heterocycles. The van der Waals surface area contributed by atoms with Gasteiger partial charge in [0.05, 0.1) is 5.54 Å². The number of nitrogens with zero attached hydrogens (tertiary/aromatic N) is 1. The molecule has 1 aliphatic carbocycles. The molecule has 0 N–H and O–H groups in total. The third-order valence-electron chi connectivity index (χ3n) is 16.7. The van der Waals surface area contributed by atoms with Crippen LogP contribution in [0.25, 0.3) is 11.1 Å². The van der Waals surface area contributed by atoms with Crippen LogP contribution in [0.5, 0.6) is 0 Å². The molecule has 0 fully saturated rings. The van der Waals surface area contributed by atoms with Crippen LogP contribution in [0.4, 0.5) is 11.4 Å². The zero-order valence-corrected chi connectivity index (χ0v) is 43.9. The largest absolute Gasteiger partial charge is 0.331 e. The van der Waals surface area contributed by atoms with Crippen LogP contribution in [0.1, 0.15) is 156 Å². The minimum Gasteiger partial charge on any atom is -0.331 e. The average molecular weight is 946 g/mol. The van der Waals surface area contributed by atoms with Gasteiger partial charge in [-0.2, -0.15) is 0 Å². The number of ketones is 2. The summed E-state index contributed by atoms with van der Waals surface area (Å²) in [7, 11) is 0. The Morgan fingerprint density at radius 1 is 0.514 bits per heavy atom. The van der Waals surface area contributed by atoms with Crippen molar-refractivity contribution in [2.45, 2.75) is 117 Å². The highest BCUT2D eigenvalue weighted by Crippen LogP contribution is 2.53. The number of rotatable bonds is 18. The van der Waals surface area contributed by atoms with Gasteiger partial charge in [-0.3, -0.25) is 9.59 Å². The van der Waals surface area contributed by atoms with Crippen LogP contribution in [-0.2, 0) is 22.8 Å². The third kappa shape index (κ3) is 9.55. The quantitative estimate of drug-likeness (QED) is 0.0805. The van der Waals surface area contributed by atoms with E-state index in [1.165, 1.54) is 55.6 Å². The van der Waals surface area contributed by atoms with Crippen LogP contribution in [0.15, 0.2) is 194 Å². The molecule has 9 rings (SSSR count). The van der Waals surface area contributed by atoms with Crippen molar-refractivity contribution in [3.63, 3.8) is 0 Å². The van der Waals surface area contributed by atoms with Gasteiger partial charge in [-0.05, 0) is 144 Å². The molecule has 8 aromatic carbocycles. The Morgan fingerprint density at radius 2 is 0.944 bits per heavy atom. The predicted molar refractivity (Wildman–Crippen MR) is 301 cm³/mol. The molecule has 0 aliphatic heterocycles. The van der Waals surface area contributed by atoms with E-state index in [9.17, 15) is 9.59 Å². The average Bonchev–Trinajstić information content (AvgIpc) is 3.64. The number of aryl methyl sites for hydroxylation is 2. The lowest BCUT2D eigenvalue weighted by Gasteiger charge is -2.46. The van der Waals surface area contributed by atoms with E-state index >= 15 is 0 Å². The first kappa shape index (κ1) is 49.9. The summed E-state index contributed by atoms with van der Waals surface area (Å²) in [4.78, 5) is 29.4. The van der Waals surface area contributed by atoms with Gasteiger partial charge >= 0.3 is 0 Å². The zero-order chi connectivity index (χ0) is 50.8. The molecule has 3 nitrogen and oxygen atoms in total. The Balaban J connectivity index is 1.02. The van der Waals surface area contributed by atoms with Crippen LogP contribution in [-0.4, -0.2) is 11.6 Å². The van der Waals surface area contributed by atoms with Gasteiger partial charge in [-0.1, -0.05) is 217 Å². The van der Waals surface area contributed by atoms with Crippen molar-refractivity contribution in [3.8, 4) is 11.1 Å². The maximum atomic E-state index is 13.6. The fourth-order valence-corrected chi connectivity index (χ4v) is 11.9. The maximum Gasteiger partial charge on any atom is 0.193 e. The van der Waals surface area contributed by atoms with Gasteiger partial charge in [0.2, 0.25) is 0 Å². The summed E-state index contributed by atoms with van der Waals surface area (Å²) >= 11 is 0. The minimum absolute atomic E-state index is 0.0297. The van der Waals surface area contributed by atoms with Crippen molar-refractivity contribution in [1.29, 1.82) is 0 Å². The van der Waals surface area contributed by atoms with E-state index in [4.69, 9.17) is 0 Å². The molecule has 0 heterocycles. The molecule has 0 saturated carbocycles. The molecule has 0 bridgehead atoms. The number of carbonyl (C=O) groups excluding carboxylic acids is 2. The minimum atomic E-state index is -0.377. The molecule has 364 valence electrons. The molecule has 3 heteroatoms. The lowest BCUT2D eigenvalue weighted by atomic mass is 9.68. The van der Waals surface area contributed by atoms with E-state index in [-0.39, 0.29) is 27.9 Å². The zero-order valence-electron chi connectivity index (χ0n) is 43.9. The van der Waals surface area contributed by atoms with Gasteiger partial charge in [-0.15, -0.1) is 0 Å². The summed E-state index contributed by atoms with van der Waals surface area (Å²) in [5, 5.41) is 0. The van der Waals surface area contributed by atoms with E-state index in [0.29, 0.717) is 28.5 Å². The lowest BCUT2D eigenvalue weighted by molar-refractivity contribution is 0.103. The van der Waals surface area contributed by atoms with Gasteiger partial charge in [0.15, 0.2) is 11.6 Å². The summed E-state index contributed by atoms with van der Waals surface area (Å²) in [5.74, 6) is 0.758. The first-order valence-electron chi connectivity index (χ1n) is 26.3. The Hall–Kier alpha value is -7.10. The first-order valence-corrected chi connectivity index (χ1v) is 26.3. The summed E-state index contributed by atoms with van der Waals surface area (Å²) in [6.45, 7) is 21.1. The monoisotopic (exact) mass is 946 g/mol. The highest BCUT2D eigenvalue weighted by molar-refractivity contribution is 6.09. The van der Waals surface area contributed by atoms with Gasteiger partial charge in [-0.25, -0.2) is 0 Å². The highest BCUT2D eigenvalue weighted by atomic mass is 16.1. The lowest BCUT2D eigenvalue weighted by Crippen LogP contribution is -2.43. The second-order valence-electron chi connectivity index (χ2n) is 21.5. The molecule has 3 atom stereocenters. The normalized spacial score (nSPS) is 14.4. The Morgan fingerprint density at radius 3 is 1.43 bits per heavy atom. The topological polar surface area (TPSA) is 37.4 Å². The van der Waals surface area contributed by atoms with E-state index in [0.717, 1.165) is 49.0 Å². The molecule has 3 unspecified atom stereocenters. The summed E-state index contributed by atoms with van der Waals surface area (Å²) in [6.07, 6.45) is 4.73. The molecular formula is C69H71NO2. The van der Waals surface area contributed by atoms with Crippen molar-refractivity contribution in [1.82, 2.24) is 0 Å². The van der Waals surface area contributed by atoms with Crippen LogP contribution in [0, 0.1) is 19.8 Å². The highest BCUT2D eigenvalue weighted by Gasteiger charge is 2.42. The third-order valence-corrected chi connectivity index (χ3v) is 16.7.